The number of rotatable bonds is 4. The van der Waals surface area contributed by atoms with Crippen LogP contribution < -0.4 is 5.73 Å². The van der Waals surface area contributed by atoms with E-state index in [4.69, 9.17) is 5.73 Å². The molecular formula is C15H25N. The zero-order valence-corrected chi connectivity index (χ0v) is 11.3. The number of hydrogen-bond acceptors (Lipinski definition) is 1. The fourth-order valence-electron chi connectivity index (χ4n) is 2.11. The van der Waals surface area contributed by atoms with Crippen LogP contribution in [0.15, 0.2) is 12.1 Å². The Bertz CT molecular complexity index is 353. The van der Waals surface area contributed by atoms with E-state index in [-0.39, 0.29) is 0 Å². The van der Waals surface area contributed by atoms with E-state index >= 15 is 0 Å². The minimum Gasteiger partial charge on any atom is -0.330 e. The number of hydrogen-bond donors (Lipinski definition) is 1. The third-order valence-corrected chi connectivity index (χ3v) is 3.68. The molecule has 0 saturated heterocycles. The monoisotopic (exact) mass is 219 g/mol. The van der Waals surface area contributed by atoms with Crippen molar-refractivity contribution in [3.63, 3.8) is 0 Å². The van der Waals surface area contributed by atoms with Crippen LogP contribution in [0.5, 0.6) is 0 Å². The summed E-state index contributed by atoms with van der Waals surface area (Å²) in [5.74, 6) is 1.26. The van der Waals surface area contributed by atoms with E-state index in [1.807, 2.05) is 0 Å². The van der Waals surface area contributed by atoms with Gasteiger partial charge in [-0.05, 0) is 67.8 Å². The molecule has 0 aliphatic carbocycles. The minimum atomic E-state index is 0.598. The topological polar surface area (TPSA) is 26.0 Å². The molecule has 0 saturated carbocycles. The smallest absolute Gasteiger partial charge is 0.00432 e. The summed E-state index contributed by atoms with van der Waals surface area (Å²) in [6, 6.07) is 4.62. The van der Waals surface area contributed by atoms with E-state index in [1.165, 1.54) is 22.3 Å². The highest BCUT2D eigenvalue weighted by Crippen LogP contribution is 2.21. The molecule has 0 aromatic heterocycles. The first-order valence-corrected chi connectivity index (χ1v) is 6.22. The zero-order valence-electron chi connectivity index (χ0n) is 11.3. The van der Waals surface area contributed by atoms with Crippen molar-refractivity contribution in [2.75, 3.05) is 6.54 Å². The molecule has 0 spiro atoms. The van der Waals surface area contributed by atoms with Gasteiger partial charge in [-0.2, -0.15) is 0 Å². The van der Waals surface area contributed by atoms with Crippen LogP contribution >= 0.6 is 0 Å². The van der Waals surface area contributed by atoms with Crippen LogP contribution in [-0.4, -0.2) is 6.54 Å². The Morgan fingerprint density at radius 1 is 1.00 bits per heavy atom. The maximum absolute atomic E-state index is 5.84. The number of aryl methyl sites for hydroxylation is 3. The van der Waals surface area contributed by atoms with Crippen molar-refractivity contribution in [2.45, 2.75) is 41.0 Å². The largest absolute Gasteiger partial charge is 0.330 e. The van der Waals surface area contributed by atoms with Crippen molar-refractivity contribution in [1.82, 2.24) is 0 Å². The lowest BCUT2D eigenvalue weighted by Crippen LogP contribution is -2.22. The maximum atomic E-state index is 5.84. The fraction of sp³-hybridized carbons (Fsp3) is 0.600. The van der Waals surface area contributed by atoms with Crippen LogP contribution in [0.4, 0.5) is 0 Å². The van der Waals surface area contributed by atoms with E-state index in [2.05, 4.69) is 46.8 Å². The molecule has 1 unspecified atom stereocenters. The SMILES string of the molecule is Cc1cc(C)c(CC(CN)C(C)C)cc1C. The van der Waals surface area contributed by atoms with Gasteiger partial charge in [-0.25, -0.2) is 0 Å². The van der Waals surface area contributed by atoms with Gasteiger partial charge < -0.3 is 5.73 Å². The molecule has 0 amide bonds. The third-order valence-electron chi connectivity index (χ3n) is 3.68. The second-order valence-corrected chi connectivity index (χ2v) is 5.31. The van der Waals surface area contributed by atoms with Crippen LogP contribution in [-0.2, 0) is 6.42 Å². The first-order chi connectivity index (χ1) is 7.45. The lowest BCUT2D eigenvalue weighted by molar-refractivity contribution is 0.391. The maximum Gasteiger partial charge on any atom is -0.00432 e. The second kappa shape index (κ2) is 5.49. The van der Waals surface area contributed by atoms with Crippen molar-refractivity contribution in [3.05, 3.63) is 34.4 Å². The van der Waals surface area contributed by atoms with Crippen LogP contribution in [0.2, 0.25) is 0 Å². The van der Waals surface area contributed by atoms with E-state index in [0.717, 1.165) is 13.0 Å². The van der Waals surface area contributed by atoms with Gasteiger partial charge in [-0.15, -0.1) is 0 Å². The summed E-state index contributed by atoms with van der Waals surface area (Å²) in [6.45, 7) is 11.9. The summed E-state index contributed by atoms with van der Waals surface area (Å²) in [5.41, 5.74) is 11.5. The van der Waals surface area contributed by atoms with Gasteiger partial charge in [0.2, 0.25) is 0 Å². The first-order valence-electron chi connectivity index (χ1n) is 6.22. The second-order valence-electron chi connectivity index (χ2n) is 5.31. The van der Waals surface area contributed by atoms with E-state index < -0.39 is 0 Å². The van der Waals surface area contributed by atoms with Gasteiger partial charge >= 0.3 is 0 Å². The summed E-state index contributed by atoms with van der Waals surface area (Å²) < 4.78 is 0. The molecule has 90 valence electrons. The van der Waals surface area contributed by atoms with Crippen molar-refractivity contribution in [1.29, 1.82) is 0 Å². The Balaban J connectivity index is 2.92. The van der Waals surface area contributed by atoms with Gasteiger partial charge in [0.25, 0.3) is 0 Å². The van der Waals surface area contributed by atoms with Gasteiger partial charge in [-0.1, -0.05) is 26.0 Å². The Morgan fingerprint density at radius 3 is 2.06 bits per heavy atom. The quantitative estimate of drug-likeness (QED) is 0.825. The van der Waals surface area contributed by atoms with Gasteiger partial charge in [0.1, 0.15) is 0 Å². The molecule has 1 aromatic rings. The Labute approximate surface area is 100 Å². The lowest BCUT2D eigenvalue weighted by atomic mass is 9.86. The van der Waals surface area contributed by atoms with Gasteiger partial charge in [0.05, 0.1) is 0 Å². The molecule has 1 atom stereocenters. The normalized spacial score (nSPS) is 13.2. The van der Waals surface area contributed by atoms with Crippen molar-refractivity contribution in [3.8, 4) is 0 Å². The fourth-order valence-corrected chi connectivity index (χ4v) is 2.11. The molecule has 0 heterocycles. The summed E-state index contributed by atoms with van der Waals surface area (Å²) in [4.78, 5) is 0. The lowest BCUT2D eigenvalue weighted by Gasteiger charge is -2.20. The molecule has 0 fully saturated rings. The molecule has 1 heteroatoms. The summed E-state index contributed by atoms with van der Waals surface area (Å²) in [7, 11) is 0. The number of nitrogens with two attached hydrogens (primary N) is 1. The average molecular weight is 219 g/mol. The predicted molar refractivity (Wildman–Crippen MR) is 71.7 cm³/mol. The molecule has 0 aliphatic rings. The highest BCUT2D eigenvalue weighted by atomic mass is 14.5. The Morgan fingerprint density at radius 2 is 1.56 bits per heavy atom. The number of benzene rings is 1. The summed E-state index contributed by atoms with van der Waals surface area (Å²) in [6.07, 6.45) is 1.11. The molecule has 1 nitrogen and oxygen atoms in total. The van der Waals surface area contributed by atoms with Gasteiger partial charge in [-0.3, -0.25) is 0 Å². The third kappa shape index (κ3) is 3.08. The van der Waals surface area contributed by atoms with Crippen LogP contribution in [0.1, 0.15) is 36.1 Å². The standard InChI is InChI=1S/C15H25N/c1-10(2)15(9-16)8-14-7-12(4)11(3)6-13(14)5/h6-7,10,15H,8-9,16H2,1-5H3. The van der Waals surface area contributed by atoms with Crippen molar-refractivity contribution < 1.29 is 0 Å². The first kappa shape index (κ1) is 13.2. The minimum absolute atomic E-state index is 0.598. The highest BCUT2D eigenvalue weighted by molar-refractivity contribution is 5.36. The van der Waals surface area contributed by atoms with Crippen molar-refractivity contribution in [2.24, 2.45) is 17.6 Å². The molecule has 0 bridgehead atoms. The molecule has 0 radical (unpaired) electrons. The summed E-state index contributed by atoms with van der Waals surface area (Å²) >= 11 is 0. The molecule has 1 rings (SSSR count). The van der Waals surface area contributed by atoms with Crippen LogP contribution in [0, 0.1) is 32.6 Å². The molecule has 1 aromatic carbocycles. The summed E-state index contributed by atoms with van der Waals surface area (Å²) in [5, 5.41) is 0. The molecule has 2 N–H and O–H groups in total. The predicted octanol–water partition coefficient (Wildman–Crippen LogP) is 3.39. The molecular weight excluding hydrogens is 194 g/mol. The van der Waals surface area contributed by atoms with Gasteiger partial charge in [0, 0.05) is 0 Å². The Hall–Kier alpha value is -0.820. The average Bonchev–Trinajstić information content (AvgIpc) is 2.21. The van der Waals surface area contributed by atoms with Gasteiger partial charge in [0.15, 0.2) is 0 Å². The van der Waals surface area contributed by atoms with Crippen LogP contribution in [0.25, 0.3) is 0 Å². The molecule has 0 aliphatic heterocycles. The van der Waals surface area contributed by atoms with Crippen molar-refractivity contribution >= 4 is 0 Å². The Kier molecular flexibility index (Phi) is 4.55. The highest BCUT2D eigenvalue weighted by Gasteiger charge is 2.13. The van der Waals surface area contributed by atoms with E-state index in [1.54, 1.807) is 0 Å². The van der Waals surface area contributed by atoms with Crippen LogP contribution in [0.3, 0.4) is 0 Å². The van der Waals surface area contributed by atoms with E-state index in [9.17, 15) is 0 Å². The van der Waals surface area contributed by atoms with E-state index in [0.29, 0.717) is 11.8 Å². The zero-order chi connectivity index (χ0) is 12.3. The molecule has 16 heavy (non-hydrogen) atoms.